The van der Waals surface area contributed by atoms with Crippen LogP contribution in [0.15, 0.2) is 41.8 Å². The highest BCUT2D eigenvalue weighted by atomic mass is 32.2. The minimum atomic E-state index is -4.45. The first kappa shape index (κ1) is 22.1. The molecule has 0 bridgehead atoms. The van der Waals surface area contributed by atoms with Crippen molar-refractivity contribution in [1.29, 1.82) is 0 Å². The maximum atomic E-state index is 13.1. The van der Waals surface area contributed by atoms with Gasteiger partial charge in [-0.15, -0.1) is 0 Å². The van der Waals surface area contributed by atoms with Crippen molar-refractivity contribution in [3.05, 3.63) is 42.4 Å². The van der Waals surface area contributed by atoms with E-state index in [1.54, 1.807) is 17.7 Å². The molecule has 2 fully saturated rings. The van der Waals surface area contributed by atoms with Gasteiger partial charge in [0.1, 0.15) is 0 Å². The molecule has 0 amide bonds. The first-order valence-electron chi connectivity index (χ1n) is 10.2. The van der Waals surface area contributed by atoms with Gasteiger partial charge in [-0.05, 0) is 37.5 Å². The van der Waals surface area contributed by atoms with E-state index in [0.717, 1.165) is 31.4 Å². The van der Waals surface area contributed by atoms with Gasteiger partial charge in [-0.1, -0.05) is 6.07 Å². The minimum absolute atomic E-state index is 0.0435. The van der Waals surface area contributed by atoms with Crippen LogP contribution in [0, 0.1) is 5.92 Å². The molecule has 170 valence electrons. The normalized spacial score (nSPS) is 25.6. The Kier molecular flexibility index (Phi) is 6.01. The number of halogens is 3. The Morgan fingerprint density at radius 3 is 2.68 bits per heavy atom. The van der Waals surface area contributed by atoms with Gasteiger partial charge in [0.2, 0.25) is 0 Å². The number of nitrogens with zero attached hydrogens (tertiary/aromatic N) is 3. The summed E-state index contributed by atoms with van der Waals surface area (Å²) in [4.78, 5) is 3.97. The molecule has 2 aliphatic rings. The summed E-state index contributed by atoms with van der Waals surface area (Å²) >= 11 is 0. The van der Waals surface area contributed by atoms with E-state index in [-0.39, 0.29) is 36.2 Å². The monoisotopic (exact) mass is 458 g/mol. The molecule has 11 heteroatoms. The van der Waals surface area contributed by atoms with Crippen molar-refractivity contribution in [2.75, 3.05) is 25.0 Å². The summed E-state index contributed by atoms with van der Waals surface area (Å²) in [6.07, 6.45) is 0.977. The molecule has 2 aromatic rings. The first-order valence-corrected chi connectivity index (χ1v) is 11.6. The second-order valence-corrected chi connectivity index (χ2v) is 9.98. The molecule has 3 heterocycles. The number of anilines is 1. The molecular weight excluding hydrogens is 433 g/mol. The summed E-state index contributed by atoms with van der Waals surface area (Å²) in [6.45, 7) is 0.949. The van der Waals surface area contributed by atoms with Crippen LogP contribution in [-0.4, -0.2) is 54.1 Å². The number of hydrogen-bond acceptors (Lipinski definition) is 5. The zero-order valence-electron chi connectivity index (χ0n) is 17.0. The van der Waals surface area contributed by atoms with E-state index in [2.05, 4.69) is 10.3 Å². The van der Waals surface area contributed by atoms with Gasteiger partial charge in [-0.25, -0.2) is 13.4 Å². The van der Waals surface area contributed by atoms with Crippen LogP contribution in [0.2, 0.25) is 0 Å². The number of rotatable bonds is 5. The number of hydrogen-bond donors (Lipinski definition) is 1. The zero-order chi connectivity index (χ0) is 22.2. The first-order chi connectivity index (χ1) is 14.6. The van der Waals surface area contributed by atoms with E-state index in [0.29, 0.717) is 12.3 Å². The number of nitrogens with one attached hydrogen (secondary N) is 1. The van der Waals surface area contributed by atoms with Crippen LogP contribution in [0.25, 0.3) is 0 Å². The highest BCUT2D eigenvalue weighted by Gasteiger charge is 2.44. The summed E-state index contributed by atoms with van der Waals surface area (Å²) in [5, 5.41) is 3.10. The number of aryl methyl sites for hydroxylation is 1. The summed E-state index contributed by atoms with van der Waals surface area (Å²) in [7, 11) is -2.13. The Hall–Kier alpha value is -2.11. The van der Waals surface area contributed by atoms with Crippen molar-refractivity contribution < 1.29 is 26.3 Å². The molecule has 1 unspecified atom stereocenters. The number of sulfonamides is 1. The van der Waals surface area contributed by atoms with Crippen LogP contribution >= 0.6 is 0 Å². The smallest absolute Gasteiger partial charge is 0.381 e. The van der Waals surface area contributed by atoms with E-state index >= 15 is 0 Å². The molecule has 1 N–H and O–H groups in total. The van der Waals surface area contributed by atoms with Crippen molar-refractivity contribution in [2.24, 2.45) is 13.0 Å². The van der Waals surface area contributed by atoms with Gasteiger partial charge in [0.05, 0.1) is 18.0 Å². The minimum Gasteiger partial charge on any atom is -0.381 e. The molecule has 31 heavy (non-hydrogen) atoms. The van der Waals surface area contributed by atoms with Crippen molar-refractivity contribution in [3.8, 4) is 0 Å². The van der Waals surface area contributed by atoms with Crippen LogP contribution in [-0.2, 0) is 28.0 Å². The van der Waals surface area contributed by atoms with Crippen molar-refractivity contribution >= 4 is 15.7 Å². The van der Waals surface area contributed by atoms with Gasteiger partial charge in [0.25, 0.3) is 10.0 Å². The Bertz CT molecular complexity index is 1020. The molecule has 7 nitrogen and oxygen atoms in total. The number of aromatic nitrogens is 2. The fraction of sp³-hybridized carbons (Fsp3) is 0.550. The Balaban J connectivity index is 1.59. The fourth-order valence-electron chi connectivity index (χ4n) is 4.27. The molecule has 2 aliphatic heterocycles. The van der Waals surface area contributed by atoms with E-state index in [1.807, 2.05) is 0 Å². The van der Waals surface area contributed by atoms with Crippen LogP contribution in [0.5, 0.6) is 0 Å². The summed E-state index contributed by atoms with van der Waals surface area (Å²) in [6, 6.07) is 4.58. The molecule has 1 aromatic heterocycles. The molecule has 3 atom stereocenters. The molecular formula is C20H25F3N4O3S. The third-order valence-electron chi connectivity index (χ3n) is 5.85. The summed E-state index contributed by atoms with van der Waals surface area (Å²) < 4.78 is 74.3. The van der Waals surface area contributed by atoms with Gasteiger partial charge < -0.3 is 14.6 Å². The van der Waals surface area contributed by atoms with Gasteiger partial charge in [-0.2, -0.15) is 17.5 Å². The number of ether oxygens (including phenoxy) is 1. The highest BCUT2D eigenvalue weighted by Crippen LogP contribution is 2.35. The van der Waals surface area contributed by atoms with Crippen LogP contribution in [0.4, 0.5) is 18.9 Å². The molecule has 1 aromatic carbocycles. The molecule has 2 saturated heterocycles. The third kappa shape index (κ3) is 4.73. The second kappa shape index (κ2) is 8.44. The lowest BCUT2D eigenvalue weighted by molar-refractivity contribution is -0.137. The van der Waals surface area contributed by atoms with Crippen LogP contribution in [0.1, 0.15) is 24.8 Å². The Labute approximate surface area is 179 Å². The van der Waals surface area contributed by atoms with E-state index < -0.39 is 21.8 Å². The lowest BCUT2D eigenvalue weighted by Crippen LogP contribution is -2.39. The lowest BCUT2D eigenvalue weighted by Gasteiger charge is -2.31. The molecule has 0 aliphatic carbocycles. The Morgan fingerprint density at radius 1 is 1.23 bits per heavy atom. The summed E-state index contributed by atoms with van der Waals surface area (Å²) in [5.74, 6) is -0.187. The SMILES string of the molecule is Cn1cnc(S(=O)(=O)N2C[C@H](Nc3cccc(C(F)(F)F)c3)[C@@H](C3CCCCO3)C2)c1. The fourth-order valence-corrected chi connectivity index (χ4v) is 5.74. The van der Waals surface area contributed by atoms with Crippen molar-refractivity contribution in [1.82, 2.24) is 13.9 Å². The number of benzene rings is 1. The van der Waals surface area contributed by atoms with E-state index in [4.69, 9.17) is 4.74 Å². The lowest BCUT2D eigenvalue weighted by atomic mass is 9.91. The van der Waals surface area contributed by atoms with E-state index in [9.17, 15) is 21.6 Å². The molecule has 0 radical (unpaired) electrons. The molecule has 4 rings (SSSR count). The highest BCUT2D eigenvalue weighted by molar-refractivity contribution is 7.89. The third-order valence-corrected chi connectivity index (χ3v) is 7.57. The van der Waals surface area contributed by atoms with Crippen LogP contribution in [0.3, 0.4) is 0 Å². The topological polar surface area (TPSA) is 76.5 Å². The quantitative estimate of drug-likeness (QED) is 0.745. The van der Waals surface area contributed by atoms with Gasteiger partial charge in [0.15, 0.2) is 5.03 Å². The summed E-state index contributed by atoms with van der Waals surface area (Å²) in [5.41, 5.74) is -0.448. The molecule has 0 spiro atoms. The maximum Gasteiger partial charge on any atom is 0.416 e. The van der Waals surface area contributed by atoms with Crippen molar-refractivity contribution in [3.63, 3.8) is 0 Å². The number of alkyl halides is 3. The number of imidazole rings is 1. The van der Waals surface area contributed by atoms with Crippen LogP contribution < -0.4 is 5.32 Å². The average molecular weight is 459 g/mol. The van der Waals surface area contributed by atoms with Gasteiger partial charge in [0, 0.05) is 50.6 Å². The largest absolute Gasteiger partial charge is 0.416 e. The predicted octanol–water partition coefficient (Wildman–Crippen LogP) is 3.11. The van der Waals surface area contributed by atoms with E-state index in [1.165, 1.54) is 22.9 Å². The van der Waals surface area contributed by atoms with Gasteiger partial charge >= 0.3 is 6.18 Å². The van der Waals surface area contributed by atoms with Gasteiger partial charge in [-0.3, -0.25) is 0 Å². The maximum absolute atomic E-state index is 13.1. The standard InChI is InChI=1S/C20H25F3N4O3S/c1-26-12-19(24-13-26)31(28,29)27-10-16(18-7-2-3-8-30-18)17(11-27)25-15-6-4-5-14(9-15)20(21,22)23/h4-6,9,12-13,16-18,25H,2-3,7-8,10-11H2,1H3/t16-,17-,18?/m0/s1. The Morgan fingerprint density at radius 2 is 2.03 bits per heavy atom. The second-order valence-electron chi connectivity index (χ2n) is 8.10. The zero-order valence-corrected chi connectivity index (χ0v) is 17.9. The predicted molar refractivity (Wildman–Crippen MR) is 108 cm³/mol. The molecule has 0 saturated carbocycles. The van der Waals surface area contributed by atoms with Crippen molar-refractivity contribution in [2.45, 2.75) is 42.6 Å². The average Bonchev–Trinajstić information content (AvgIpc) is 3.36.